The first-order chi connectivity index (χ1) is 17.6. The number of nitrogen functional groups attached to an aromatic ring is 1. The highest BCUT2D eigenvalue weighted by Gasteiger charge is 2.19. The number of carbonyl (C=O) groups excluding carboxylic acids is 4. The van der Waals surface area contributed by atoms with Crippen molar-refractivity contribution in [2.45, 2.75) is 0 Å². The average molecular weight is 507 g/mol. The summed E-state index contributed by atoms with van der Waals surface area (Å²) in [7, 11) is 0. The molecule has 0 aliphatic heterocycles. The van der Waals surface area contributed by atoms with Gasteiger partial charge in [0.1, 0.15) is 0 Å². The molecule has 0 radical (unpaired) electrons. The Morgan fingerprint density at radius 2 is 1.16 bits per heavy atom. The second-order valence-corrected chi connectivity index (χ2v) is 7.42. The van der Waals surface area contributed by atoms with Crippen LogP contribution in [0.15, 0.2) is 66.7 Å². The van der Waals surface area contributed by atoms with Gasteiger partial charge in [0.15, 0.2) is 13.2 Å². The number of nitrogens with two attached hydrogens (primary N) is 1. The number of carbonyl (C=O) groups is 4. The molecule has 0 saturated heterocycles. The van der Waals surface area contributed by atoms with E-state index in [1.54, 1.807) is 0 Å². The Morgan fingerprint density at radius 1 is 0.676 bits per heavy atom. The van der Waals surface area contributed by atoms with Crippen LogP contribution in [0.2, 0.25) is 0 Å². The number of nitro groups is 2. The van der Waals surface area contributed by atoms with Crippen LogP contribution in [0, 0.1) is 20.2 Å². The lowest BCUT2D eigenvalue weighted by molar-refractivity contribution is -0.385. The summed E-state index contributed by atoms with van der Waals surface area (Å²) in [6.07, 6.45) is 0. The Balaban J connectivity index is 1.59. The summed E-state index contributed by atoms with van der Waals surface area (Å²) in [5.41, 5.74) is 4.78. The normalized spacial score (nSPS) is 10.3. The number of Topliss-reactive ketones (excluding diaryl/α,β-unsaturated/α-hetero) is 2. The van der Waals surface area contributed by atoms with Crippen LogP contribution < -0.4 is 5.73 Å². The highest BCUT2D eigenvalue weighted by molar-refractivity contribution is 6.03. The van der Waals surface area contributed by atoms with Gasteiger partial charge in [0.25, 0.3) is 11.4 Å². The highest BCUT2D eigenvalue weighted by Crippen LogP contribution is 2.18. The third-order valence-corrected chi connectivity index (χ3v) is 4.93. The van der Waals surface area contributed by atoms with Crippen LogP contribution in [-0.2, 0) is 9.47 Å². The van der Waals surface area contributed by atoms with Crippen LogP contribution in [0.3, 0.4) is 0 Å². The molecule has 0 aliphatic rings. The Bertz CT molecular complexity index is 1430. The van der Waals surface area contributed by atoms with Gasteiger partial charge in [0.05, 0.1) is 21.0 Å². The van der Waals surface area contributed by atoms with Gasteiger partial charge in [0.2, 0.25) is 11.6 Å². The molecule has 0 unspecified atom stereocenters. The van der Waals surface area contributed by atoms with E-state index in [4.69, 9.17) is 15.2 Å². The smallest absolute Gasteiger partial charge is 0.340 e. The van der Waals surface area contributed by atoms with E-state index in [1.165, 1.54) is 42.5 Å². The standard InChI is InChI=1S/C24H17N3O10/c25-20-11-16(23(30)36-12-21(28)14-3-1-5-17(9-14)26(32)33)7-8-19(20)24(31)37-13-22(29)15-4-2-6-18(10-15)27(34)35/h1-11H,12-13,25H2. The third-order valence-electron chi connectivity index (χ3n) is 4.93. The molecule has 0 fully saturated rings. The quantitative estimate of drug-likeness (QED) is 0.139. The summed E-state index contributed by atoms with van der Waals surface area (Å²) in [6, 6.07) is 13.3. The van der Waals surface area contributed by atoms with Gasteiger partial charge in [0, 0.05) is 41.1 Å². The lowest BCUT2D eigenvalue weighted by atomic mass is 10.1. The zero-order valence-corrected chi connectivity index (χ0v) is 18.8. The van der Waals surface area contributed by atoms with Crippen molar-refractivity contribution in [3.63, 3.8) is 0 Å². The Morgan fingerprint density at radius 3 is 1.62 bits per heavy atom. The molecule has 13 heteroatoms. The molecule has 0 aromatic heterocycles. The molecule has 0 bridgehead atoms. The van der Waals surface area contributed by atoms with E-state index in [9.17, 15) is 39.4 Å². The molecule has 0 spiro atoms. The van der Waals surface area contributed by atoms with Crippen LogP contribution in [-0.4, -0.2) is 46.6 Å². The maximum atomic E-state index is 12.3. The summed E-state index contributed by atoms with van der Waals surface area (Å²) >= 11 is 0. The van der Waals surface area contributed by atoms with Crippen LogP contribution >= 0.6 is 0 Å². The number of benzene rings is 3. The fourth-order valence-electron chi connectivity index (χ4n) is 3.05. The lowest BCUT2D eigenvalue weighted by Gasteiger charge is -2.09. The Hall–Kier alpha value is -5.46. The number of anilines is 1. The maximum absolute atomic E-state index is 12.3. The van der Waals surface area contributed by atoms with E-state index in [-0.39, 0.29) is 39.3 Å². The monoisotopic (exact) mass is 507 g/mol. The second-order valence-electron chi connectivity index (χ2n) is 7.42. The van der Waals surface area contributed by atoms with Crippen molar-refractivity contribution in [3.8, 4) is 0 Å². The van der Waals surface area contributed by atoms with Crippen molar-refractivity contribution >= 4 is 40.6 Å². The van der Waals surface area contributed by atoms with E-state index in [1.807, 2.05) is 0 Å². The van der Waals surface area contributed by atoms with Crippen molar-refractivity contribution in [1.29, 1.82) is 0 Å². The number of ketones is 2. The number of nitro benzene ring substituents is 2. The summed E-state index contributed by atoms with van der Waals surface area (Å²) < 4.78 is 9.86. The molecular weight excluding hydrogens is 490 g/mol. The molecule has 0 amide bonds. The van der Waals surface area contributed by atoms with Crippen LogP contribution in [0.25, 0.3) is 0 Å². The molecule has 3 aromatic rings. The number of rotatable bonds is 10. The molecule has 2 N–H and O–H groups in total. The molecule has 3 aromatic carbocycles. The van der Waals surface area contributed by atoms with E-state index in [0.717, 1.165) is 24.3 Å². The van der Waals surface area contributed by atoms with Crippen LogP contribution in [0.4, 0.5) is 17.1 Å². The van der Waals surface area contributed by atoms with E-state index in [2.05, 4.69) is 0 Å². The molecule has 13 nitrogen and oxygen atoms in total. The predicted molar refractivity (Wildman–Crippen MR) is 126 cm³/mol. The number of hydrogen-bond donors (Lipinski definition) is 1. The highest BCUT2D eigenvalue weighted by atomic mass is 16.6. The zero-order chi connectivity index (χ0) is 27.1. The van der Waals surface area contributed by atoms with Crippen LogP contribution in [0.5, 0.6) is 0 Å². The van der Waals surface area contributed by atoms with Gasteiger partial charge in [-0.05, 0) is 18.2 Å². The topological polar surface area (TPSA) is 199 Å². The average Bonchev–Trinajstić information content (AvgIpc) is 2.89. The molecular formula is C24H17N3O10. The minimum absolute atomic E-state index is 0.0146. The number of esters is 2. The maximum Gasteiger partial charge on any atom is 0.340 e. The Kier molecular flexibility index (Phi) is 7.99. The van der Waals surface area contributed by atoms with Gasteiger partial charge < -0.3 is 15.2 Å². The van der Waals surface area contributed by atoms with E-state index in [0.29, 0.717) is 0 Å². The van der Waals surface area contributed by atoms with Gasteiger partial charge in [-0.3, -0.25) is 29.8 Å². The van der Waals surface area contributed by atoms with Gasteiger partial charge in [-0.1, -0.05) is 24.3 Å². The van der Waals surface area contributed by atoms with Crippen molar-refractivity contribution in [2.75, 3.05) is 18.9 Å². The molecule has 0 heterocycles. The van der Waals surface area contributed by atoms with Gasteiger partial charge in [-0.15, -0.1) is 0 Å². The minimum atomic E-state index is -0.975. The number of hydrogen-bond acceptors (Lipinski definition) is 11. The molecule has 188 valence electrons. The number of ether oxygens (including phenoxy) is 2. The van der Waals surface area contributed by atoms with E-state index >= 15 is 0 Å². The van der Waals surface area contributed by atoms with Gasteiger partial charge in [-0.25, -0.2) is 9.59 Å². The summed E-state index contributed by atoms with van der Waals surface area (Å²) in [4.78, 5) is 69.4. The van der Waals surface area contributed by atoms with Crippen molar-refractivity contribution in [2.24, 2.45) is 0 Å². The molecule has 3 rings (SSSR count). The van der Waals surface area contributed by atoms with Gasteiger partial charge >= 0.3 is 11.9 Å². The largest absolute Gasteiger partial charge is 0.454 e. The SMILES string of the molecule is Nc1cc(C(=O)OCC(=O)c2cccc([N+](=O)[O-])c2)ccc1C(=O)OCC(=O)c1cccc([N+](=O)[O-])c1. The zero-order valence-electron chi connectivity index (χ0n) is 18.8. The molecule has 0 saturated carbocycles. The lowest BCUT2D eigenvalue weighted by Crippen LogP contribution is -2.17. The minimum Gasteiger partial charge on any atom is -0.454 e. The molecule has 0 aliphatic carbocycles. The van der Waals surface area contributed by atoms with Crippen molar-refractivity contribution < 1.29 is 38.5 Å². The predicted octanol–water partition coefficient (Wildman–Crippen LogP) is 3.16. The first-order valence-corrected chi connectivity index (χ1v) is 10.4. The first kappa shape index (κ1) is 26.2. The third kappa shape index (κ3) is 6.57. The summed E-state index contributed by atoms with van der Waals surface area (Å²) in [6.45, 7) is -1.40. The first-order valence-electron chi connectivity index (χ1n) is 10.4. The summed E-state index contributed by atoms with van der Waals surface area (Å²) in [5, 5.41) is 21.7. The fourth-order valence-corrected chi connectivity index (χ4v) is 3.05. The second kappa shape index (κ2) is 11.3. The van der Waals surface area contributed by atoms with Gasteiger partial charge in [-0.2, -0.15) is 0 Å². The molecule has 0 atom stereocenters. The van der Waals surface area contributed by atoms with Crippen LogP contribution in [0.1, 0.15) is 41.4 Å². The Labute approximate surface area is 207 Å². The number of nitrogens with zero attached hydrogens (tertiary/aromatic N) is 2. The summed E-state index contributed by atoms with van der Waals surface area (Å²) in [5.74, 6) is -3.26. The number of non-ortho nitro benzene ring substituents is 2. The van der Waals surface area contributed by atoms with Crippen molar-refractivity contribution in [3.05, 3.63) is 109 Å². The molecule has 37 heavy (non-hydrogen) atoms. The fraction of sp³-hybridized carbons (Fsp3) is 0.0833. The van der Waals surface area contributed by atoms with Crippen molar-refractivity contribution in [1.82, 2.24) is 0 Å². The van der Waals surface area contributed by atoms with E-state index < -0.39 is 46.6 Å².